The van der Waals surface area contributed by atoms with Gasteiger partial charge in [0.15, 0.2) is 0 Å². The molecule has 3 heterocycles. The third kappa shape index (κ3) is 3.68. The van der Waals surface area contributed by atoms with Crippen LogP contribution < -0.4 is 9.62 Å². The first-order chi connectivity index (χ1) is 11.9. The molecule has 2 atom stereocenters. The number of piperidine rings is 1. The molecule has 0 amide bonds. The lowest BCUT2D eigenvalue weighted by Crippen LogP contribution is -2.38. The topological polar surface area (TPSA) is 100 Å². The number of pyridine rings is 1. The van der Waals surface area contributed by atoms with Crippen LogP contribution in [0.1, 0.15) is 24.8 Å². The molecule has 0 spiro atoms. The lowest BCUT2D eigenvalue weighted by molar-refractivity contribution is 0.0874. The zero-order valence-electron chi connectivity index (χ0n) is 14.3. The average molecular weight is 365 g/mol. The van der Waals surface area contributed by atoms with E-state index in [1.165, 1.54) is 13.2 Å². The lowest BCUT2D eigenvalue weighted by Gasteiger charge is -2.35. The van der Waals surface area contributed by atoms with Crippen molar-refractivity contribution < 1.29 is 13.5 Å². The van der Waals surface area contributed by atoms with Gasteiger partial charge in [-0.05, 0) is 32.0 Å². The molecule has 1 saturated heterocycles. The van der Waals surface area contributed by atoms with Gasteiger partial charge in [-0.15, -0.1) is 0 Å². The molecule has 0 aromatic carbocycles. The molecule has 2 aromatic heterocycles. The summed E-state index contributed by atoms with van der Waals surface area (Å²) in [4.78, 5) is 10.8. The lowest BCUT2D eigenvalue weighted by atomic mass is 9.92. The van der Waals surface area contributed by atoms with E-state index in [1.807, 2.05) is 17.8 Å². The van der Waals surface area contributed by atoms with Gasteiger partial charge in [0, 0.05) is 44.6 Å². The van der Waals surface area contributed by atoms with Crippen LogP contribution in [0.5, 0.6) is 0 Å². The standard InChI is InChI=1S/C16H23N5O3S/c1-17-25(23,24)13-5-6-14(19-10-13)21-8-3-4-12(11-21)15(22)16-18-7-9-20(16)2/h5-7,9-10,12,15,17,22H,3-4,8,11H2,1-2H3. The van der Waals surface area contributed by atoms with Gasteiger partial charge < -0.3 is 14.6 Å². The van der Waals surface area contributed by atoms with Gasteiger partial charge in [-0.3, -0.25) is 0 Å². The zero-order valence-corrected chi connectivity index (χ0v) is 15.1. The molecule has 9 heteroatoms. The molecule has 1 fully saturated rings. The molecule has 0 bridgehead atoms. The Morgan fingerprint density at radius 3 is 2.76 bits per heavy atom. The quantitative estimate of drug-likeness (QED) is 0.808. The maximum absolute atomic E-state index is 11.8. The Hall–Kier alpha value is -1.97. The summed E-state index contributed by atoms with van der Waals surface area (Å²) >= 11 is 0. The summed E-state index contributed by atoms with van der Waals surface area (Å²) in [5.74, 6) is 1.43. The predicted molar refractivity (Wildman–Crippen MR) is 93.6 cm³/mol. The number of aryl methyl sites for hydroxylation is 1. The molecule has 2 N–H and O–H groups in total. The van der Waals surface area contributed by atoms with E-state index >= 15 is 0 Å². The highest BCUT2D eigenvalue weighted by Crippen LogP contribution is 2.30. The van der Waals surface area contributed by atoms with Crippen LogP contribution in [0.3, 0.4) is 0 Å². The number of rotatable bonds is 5. The Morgan fingerprint density at radius 1 is 1.36 bits per heavy atom. The van der Waals surface area contributed by atoms with Crippen LogP contribution in [0.4, 0.5) is 5.82 Å². The Kier molecular flexibility index (Phi) is 5.07. The number of hydrogen-bond acceptors (Lipinski definition) is 6. The monoisotopic (exact) mass is 365 g/mol. The highest BCUT2D eigenvalue weighted by molar-refractivity contribution is 7.89. The van der Waals surface area contributed by atoms with E-state index in [1.54, 1.807) is 18.3 Å². The third-order valence-electron chi connectivity index (χ3n) is 4.65. The summed E-state index contributed by atoms with van der Waals surface area (Å²) in [6, 6.07) is 3.26. The summed E-state index contributed by atoms with van der Waals surface area (Å²) in [5, 5.41) is 10.6. The summed E-state index contributed by atoms with van der Waals surface area (Å²) in [5.41, 5.74) is 0. The van der Waals surface area contributed by atoms with E-state index in [0.29, 0.717) is 18.2 Å². The number of nitrogens with zero attached hydrogens (tertiary/aromatic N) is 4. The average Bonchev–Trinajstić information content (AvgIpc) is 3.07. The maximum Gasteiger partial charge on any atom is 0.241 e. The van der Waals surface area contributed by atoms with Crippen LogP contribution in [0.15, 0.2) is 35.6 Å². The van der Waals surface area contributed by atoms with Crippen LogP contribution in [0, 0.1) is 5.92 Å². The van der Waals surface area contributed by atoms with Crippen molar-refractivity contribution in [2.75, 3.05) is 25.0 Å². The zero-order chi connectivity index (χ0) is 18.0. The normalized spacial score (nSPS) is 19.8. The van der Waals surface area contributed by atoms with Gasteiger partial charge in [0.05, 0.1) is 0 Å². The van der Waals surface area contributed by atoms with Crippen molar-refractivity contribution >= 4 is 15.8 Å². The van der Waals surface area contributed by atoms with E-state index in [-0.39, 0.29) is 10.8 Å². The molecule has 0 radical (unpaired) electrons. The summed E-state index contributed by atoms with van der Waals surface area (Å²) in [6.45, 7) is 1.48. The van der Waals surface area contributed by atoms with Crippen LogP contribution in [-0.2, 0) is 17.1 Å². The Bertz CT molecular complexity index is 819. The van der Waals surface area contributed by atoms with E-state index in [0.717, 1.165) is 19.4 Å². The SMILES string of the molecule is CNS(=O)(=O)c1ccc(N2CCCC(C(O)c3nccn3C)C2)nc1. The van der Waals surface area contributed by atoms with Gasteiger partial charge >= 0.3 is 0 Å². The summed E-state index contributed by atoms with van der Waals surface area (Å²) in [7, 11) is -0.244. The van der Waals surface area contributed by atoms with Crippen molar-refractivity contribution in [3.63, 3.8) is 0 Å². The number of hydrogen-bond donors (Lipinski definition) is 2. The van der Waals surface area contributed by atoms with Crippen molar-refractivity contribution in [2.24, 2.45) is 13.0 Å². The molecule has 0 aliphatic carbocycles. The number of anilines is 1. The van der Waals surface area contributed by atoms with Gasteiger partial charge in [0.25, 0.3) is 0 Å². The highest BCUT2D eigenvalue weighted by atomic mass is 32.2. The second-order valence-electron chi connectivity index (χ2n) is 6.25. The van der Waals surface area contributed by atoms with Crippen LogP contribution in [0.25, 0.3) is 0 Å². The number of aromatic nitrogens is 3. The Labute approximate surface area is 147 Å². The minimum absolute atomic E-state index is 0.0531. The summed E-state index contributed by atoms with van der Waals surface area (Å²) < 4.78 is 27.7. The smallest absolute Gasteiger partial charge is 0.241 e. The molecule has 25 heavy (non-hydrogen) atoms. The molecule has 0 saturated carbocycles. The second kappa shape index (κ2) is 7.11. The van der Waals surface area contributed by atoms with E-state index in [2.05, 4.69) is 19.6 Å². The van der Waals surface area contributed by atoms with Gasteiger partial charge in [-0.25, -0.2) is 23.1 Å². The minimum atomic E-state index is -3.49. The Balaban J connectivity index is 1.74. The summed E-state index contributed by atoms with van der Waals surface area (Å²) in [6.07, 6.45) is 6.08. The van der Waals surface area contributed by atoms with Gasteiger partial charge in [0.1, 0.15) is 22.6 Å². The molecular formula is C16H23N5O3S. The molecule has 136 valence electrons. The molecular weight excluding hydrogens is 342 g/mol. The first-order valence-electron chi connectivity index (χ1n) is 8.22. The molecule has 2 unspecified atom stereocenters. The van der Waals surface area contributed by atoms with Crippen LogP contribution in [0.2, 0.25) is 0 Å². The van der Waals surface area contributed by atoms with Crippen LogP contribution >= 0.6 is 0 Å². The molecule has 3 rings (SSSR count). The fourth-order valence-electron chi connectivity index (χ4n) is 3.19. The van der Waals surface area contributed by atoms with E-state index in [4.69, 9.17) is 0 Å². The number of sulfonamides is 1. The van der Waals surface area contributed by atoms with Gasteiger partial charge in [-0.1, -0.05) is 0 Å². The molecule has 1 aliphatic rings. The first-order valence-corrected chi connectivity index (χ1v) is 9.70. The fraction of sp³-hybridized carbons (Fsp3) is 0.500. The highest BCUT2D eigenvalue weighted by Gasteiger charge is 2.29. The van der Waals surface area contributed by atoms with Crippen molar-refractivity contribution in [1.29, 1.82) is 0 Å². The predicted octanol–water partition coefficient (Wildman–Crippen LogP) is 0.673. The third-order valence-corrected chi connectivity index (χ3v) is 6.05. The fourth-order valence-corrected chi connectivity index (χ4v) is 3.86. The number of aliphatic hydroxyl groups excluding tert-OH is 1. The van der Waals surface area contributed by atoms with Gasteiger partial charge in [-0.2, -0.15) is 0 Å². The van der Waals surface area contributed by atoms with E-state index in [9.17, 15) is 13.5 Å². The van der Waals surface area contributed by atoms with Crippen molar-refractivity contribution in [3.05, 3.63) is 36.5 Å². The van der Waals surface area contributed by atoms with Crippen molar-refractivity contribution in [3.8, 4) is 0 Å². The molecule has 8 nitrogen and oxygen atoms in total. The van der Waals surface area contributed by atoms with Crippen molar-refractivity contribution in [2.45, 2.75) is 23.8 Å². The first kappa shape index (κ1) is 17.8. The molecule has 2 aromatic rings. The second-order valence-corrected chi connectivity index (χ2v) is 8.14. The van der Waals surface area contributed by atoms with Crippen LogP contribution in [-0.4, -0.2) is 48.2 Å². The number of aliphatic hydroxyl groups is 1. The van der Waals surface area contributed by atoms with Gasteiger partial charge in [0.2, 0.25) is 10.0 Å². The number of nitrogens with one attached hydrogen (secondary N) is 1. The maximum atomic E-state index is 11.8. The van der Waals surface area contributed by atoms with Crippen molar-refractivity contribution in [1.82, 2.24) is 19.3 Å². The molecule has 1 aliphatic heterocycles. The minimum Gasteiger partial charge on any atom is -0.385 e. The number of imidazole rings is 1. The largest absolute Gasteiger partial charge is 0.385 e. The Morgan fingerprint density at radius 2 is 2.16 bits per heavy atom. The van der Waals surface area contributed by atoms with E-state index < -0.39 is 16.1 Å².